The van der Waals surface area contributed by atoms with Gasteiger partial charge in [-0.15, -0.1) is 0 Å². The fraction of sp³-hybridized carbons (Fsp3) is 0.438. The van der Waals surface area contributed by atoms with Crippen LogP contribution in [0.15, 0.2) is 24.5 Å². The molecule has 0 radical (unpaired) electrons. The van der Waals surface area contributed by atoms with Crippen LogP contribution >= 0.6 is 0 Å². The summed E-state index contributed by atoms with van der Waals surface area (Å²) in [6.45, 7) is 3.87. The Bertz CT molecular complexity index is 881. The molecule has 6 heterocycles. The summed E-state index contributed by atoms with van der Waals surface area (Å²) >= 11 is 0. The molecule has 0 aliphatic carbocycles. The van der Waals surface area contributed by atoms with Crippen molar-refractivity contribution in [3.63, 3.8) is 0 Å². The van der Waals surface area contributed by atoms with Crippen molar-refractivity contribution >= 4 is 11.5 Å². The lowest BCUT2D eigenvalue weighted by molar-refractivity contribution is -0.133. The Hall–Kier alpha value is -2.41. The van der Waals surface area contributed by atoms with Gasteiger partial charge in [-0.3, -0.25) is 4.68 Å². The van der Waals surface area contributed by atoms with E-state index in [1.165, 1.54) is 6.42 Å². The SMILES string of the molecule is Cc1cnn2c(-c3ccnn3C)cc(N3CC4CC(C3)O4)nc12. The van der Waals surface area contributed by atoms with Crippen molar-refractivity contribution in [2.24, 2.45) is 7.05 Å². The van der Waals surface area contributed by atoms with Crippen LogP contribution in [0.25, 0.3) is 17.0 Å². The van der Waals surface area contributed by atoms with Crippen molar-refractivity contribution in [1.82, 2.24) is 24.4 Å². The van der Waals surface area contributed by atoms with Crippen molar-refractivity contribution in [2.45, 2.75) is 25.6 Å². The summed E-state index contributed by atoms with van der Waals surface area (Å²) in [4.78, 5) is 7.18. The van der Waals surface area contributed by atoms with Gasteiger partial charge >= 0.3 is 0 Å². The van der Waals surface area contributed by atoms with E-state index in [0.717, 1.165) is 41.5 Å². The summed E-state index contributed by atoms with van der Waals surface area (Å²) in [6.07, 6.45) is 5.57. The molecule has 118 valence electrons. The number of aromatic nitrogens is 5. The summed E-state index contributed by atoms with van der Waals surface area (Å²) < 4.78 is 9.51. The number of ether oxygens (including phenoxy) is 1. The fourth-order valence-corrected chi connectivity index (χ4v) is 3.57. The molecule has 0 saturated carbocycles. The molecule has 3 aliphatic rings. The predicted octanol–water partition coefficient (Wildman–Crippen LogP) is 1.42. The van der Waals surface area contributed by atoms with E-state index in [2.05, 4.69) is 21.2 Å². The number of anilines is 1. The third kappa shape index (κ3) is 1.89. The molecular formula is C16H18N6O. The summed E-state index contributed by atoms with van der Waals surface area (Å²) in [5.74, 6) is 0.996. The molecule has 3 saturated heterocycles. The zero-order valence-electron chi connectivity index (χ0n) is 13.2. The van der Waals surface area contributed by atoms with E-state index in [4.69, 9.17) is 9.72 Å². The summed E-state index contributed by atoms with van der Waals surface area (Å²) in [6, 6.07) is 4.12. The van der Waals surface area contributed by atoms with Crippen LogP contribution < -0.4 is 4.90 Å². The fourth-order valence-electron chi connectivity index (χ4n) is 3.57. The third-order valence-corrected chi connectivity index (χ3v) is 4.80. The molecule has 7 nitrogen and oxygen atoms in total. The topological polar surface area (TPSA) is 60.5 Å². The maximum Gasteiger partial charge on any atom is 0.161 e. The number of aryl methyl sites for hydroxylation is 2. The Kier molecular flexibility index (Phi) is 2.58. The summed E-state index contributed by atoms with van der Waals surface area (Å²) in [5.41, 5.74) is 4.02. The molecule has 0 N–H and O–H groups in total. The summed E-state index contributed by atoms with van der Waals surface area (Å²) in [7, 11) is 1.95. The van der Waals surface area contributed by atoms with Gasteiger partial charge in [0.25, 0.3) is 0 Å². The number of nitrogens with zero attached hydrogens (tertiary/aromatic N) is 6. The van der Waals surface area contributed by atoms with Crippen LogP contribution in [-0.2, 0) is 11.8 Å². The van der Waals surface area contributed by atoms with E-state index in [9.17, 15) is 0 Å². The van der Waals surface area contributed by atoms with E-state index in [1.54, 1.807) is 0 Å². The molecular weight excluding hydrogens is 292 g/mol. The van der Waals surface area contributed by atoms with E-state index >= 15 is 0 Å². The first-order valence-electron chi connectivity index (χ1n) is 7.93. The molecule has 0 amide bonds. The number of fused-ring (bicyclic) bond motifs is 3. The lowest BCUT2D eigenvalue weighted by Crippen LogP contribution is -2.57. The van der Waals surface area contributed by atoms with Crippen molar-refractivity contribution in [1.29, 1.82) is 0 Å². The monoisotopic (exact) mass is 310 g/mol. The number of rotatable bonds is 2. The molecule has 3 aromatic rings. The maximum atomic E-state index is 5.74. The Morgan fingerprint density at radius 3 is 2.65 bits per heavy atom. The first kappa shape index (κ1) is 13.1. The van der Waals surface area contributed by atoms with Crippen molar-refractivity contribution in [3.05, 3.63) is 30.1 Å². The maximum absolute atomic E-state index is 5.74. The van der Waals surface area contributed by atoms with E-state index in [0.29, 0.717) is 12.2 Å². The van der Waals surface area contributed by atoms with E-state index in [1.807, 2.05) is 41.6 Å². The minimum Gasteiger partial charge on any atom is -0.371 e. The molecule has 3 fully saturated rings. The summed E-state index contributed by atoms with van der Waals surface area (Å²) in [5, 5.41) is 8.78. The number of hydrogen-bond donors (Lipinski definition) is 0. The lowest BCUT2D eigenvalue weighted by atomic mass is 9.99. The largest absolute Gasteiger partial charge is 0.371 e. The zero-order chi connectivity index (χ0) is 15.6. The van der Waals surface area contributed by atoms with Crippen LogP contribution in [0.3, 0.4) is 0 Å². The molecule has 3 aromatic heterocycles. The Morgan fingerprint density at radius 1 is 1.17 bits per heavy atom. The van der Waals surface area contributed by atoms with Crippen molar-refractivity contribution < 1.29 is 4.74 Å². The highest BCUT2D eigenvalue weighted by atomic mass is 16.5. The van der Waals surface area contributed by atoms with Crippen LogP contribution in [0.5, 0.6) is 0 Å². The minimum atomic E-state index is 0.359. The van der Waals surface area contributed by atoms with Gasteiger partial charge in [0.1, 0.15) is 5.82 Å². The second-order valence-corrected chi connectivity index (χ2v) is 6.42. The second kappa shape index (κ2) is 4.55. The molecule has 0 aromatic carbocycles. The van der Waals surface area contributed by atoms with Gasteiger partial charge in [0.15, 0.2) is 5.65 Å². The molecule has 2 unspecified atom stereocenters. The van der Waals surface area contributed by atoms with Gasteiger partial charge in [0, 0.05) is 44.4 Å². The lowest BCUT2D eigenvalue weighted by Gasteiger charge is -2.47. The number of hydrogen-bond acceptors (Lipinski definition) is 5. The molecule has 2 atom stereocenters. The molecule has 0 spiro atoms. The van der Waals surface area contributed by atoms with Crippen LogP contribution in [0.2, 0.25) is 0 Å². The highest BCUT2D eigenvalue weighted by molar-refractivity contribution is 5.66. The highest BCUT2D eigenvalue weighted by Gasteiger charge is 2.39. The third-order valence-electron chi connectivity index (χ3n) is 4.80. The number of morpholine rings is 1. The Morgan fingerprint density at radius 2 is 1.96 bits per heavy atom. The molecule has 7 heteroatoms. The molecule has 23 heavy (non-hydrogen) atoms. The van der Waals surface area contributed by atoms with Gasteiger partial charge in [-0.2, -0.15) is 10.2 Å². The van der Waals surface area contributed by atoms with Crippen molar-refractivity contribution in [2.75, 3.05) is 18.0 Å². The van der Waals surface area contributed by atoms with Gasteiger partial charge in [-0.1, -0.05) is 0 Å². The molecule has 6 rings (SSSR count). The normalized spacial score (nSPS) is 23.3. The predicted molar refractivity (Wildman–Crippen MR) is 85.4 cm³/mol. The quantitative estimate of drug-likeness (QED) is 0.716. The first-order valence-corrected chi connectivity index (χ1v) is 7.93. The van der Waals surface area contributed by atoms with Crippen LogP contribution in [-0.4, -0.2) is 49.7 Å². The zero-order valence-corrected chi connectivity index (χ0v) is 13.2. The van der Waals surface area contributed by atoms with E-state index in [-0.39, 0.29) is 0 Å². The van der Waals surface area contributed by atoms with Crippen LogP contribution in [0.1, 0.15) is 12.0 Å². The minimum absolute atomic E-state index is 0.359. The van der Waals surface area contributed by atoms with E-state index < -0.39 is 0 Å². The second-order valence-electron chi connectivity index (χ2n) is 6.42. The van der Waals surface area contributed by atoms with Gasteiger partial charge in [-0.25, -0.2) is 9.50 Å². The Labute approximate surface area is 133 Å². The van der Waals surface area contributed by atoms with Gasteiger partial charge < -0.3 is 9.64 Å². The number of piperidine rings is 1. The molecule has 3 aliphatic heterocycles. The van der Waals surface area contributed by atoms with Crippen LogP contribution in [0.4, 0.5) is 5.82 Å². The van der Waals surface area contributed by atoms with Crippen LogP contribution in [0, 0.1) is 6.92 Å². The highest BCUT2D eigenvalue weighted by Crippen LogP contribution is 2.32. The average Bonchev–Trinajstić information content (AvgIpc) is 3.12. The first-order chi connectivity index (χ1) is 11.2. The average molecular weight is 310 g/mol. The Balaban J connectivity index is 1.69. The molecule has 2 bridgehead atoms. The van der Waals surface area contributed by atoms with Gasteiger partial charge in [-0.05, 0) is 13.0 Å². The van der Waals surface area contributed by atoms with Gasteiger partial charge in [0.05, 0.1) is 29.8 Å². The van der Waals surface area contributed by atoms with Crippen molar-refractivity contribution in [3.8, 4) is 11.4 Å². The van der Waals surface area contributed by atoms with Gasteiger partial charge in [0.2, 0.25) is 0 Å². The standard InChI is InChI=1S/C16H18N6O/c1-10-7-18-22-14(13-3-4-17-20(13)2)6-15(19-16(10)22)21-8-11-5-12(9-21)23-11/h3-4,6-7,11-12H,5,8-9H2,1-2H3. The smallest absolute Gasteiger partial charge is 0.161 e.